The van der Waals surface area contributed by atoms with E-state index in [0.29, 0.717) is 11.8 Å². The number of halogens is 1. The molecule has 0 aromatic carbocycles. The predicted octanol–water partition coefficient (Wildman–Crippen LogP) is 5.48. The molecular weight excluding hydrogens is 323 g/mol. The molecule has 2 heteroatoms. The maximum Gasteiger partial charge on any atom is 0.0910 e. The monoisotopic (exact) mass is 348 g/mol. The topological polar surface area (TPSA) is 9.23 Å². The molecule has 0 heterocycles. The Morgan fingerprint density at radius 1 is 1.29 bits per heavy atom. The van der Waals surface area contributed by atoms with Gasteiger partial charge in [-0.15, -0.1) is 6.58 Å². The summed E-state index contributed by atoms with van der Waals surface area (Å²) in [4.78, 5) is 0. The Hall–Kier alpha value is -0.250. The highest BCUT2D eigenvalue weighted by Gasteiger charge is 2.12. The third-order valence-electron chi connectivity index (χ3n) is 2.82. The van der Waals surface area contributed by atoms with Crippen molar-refractivity contribution in [1.29, 1.82) is 0 Å². The van der Waals surface area contributed by atoms with Crippen molar-refractivity contribution in [3.8, 4) is 0 Å². The second-order valence-corrected chi connectivity index (χ2v) is 6.27. The highest BCUT2D eigenvalue weighted by molar-refractivity contribution is 14.1. The zero-order valence-corrected chi connectivity index (χ0v) is 13.3. The first-order valence-corrected chi connectivity index (χ1v) is 7.30. The minimum atomic E-state index is 0.545. The Morgan fingerprint density at radius 2 is 1.94 bits per heavy atom. The highest BCUT2D eigenvalue weighted by Crippen LogP contribution is 2.19. The van der Waals surface area contributed by atoms with E-state index in [1.54, 1.807) is 0 Å². The number of allylic oxidation sites excluding steroid dienone is 3. The average Bonchev–Trinajstić information content (AvgIpc) is 2.23. The van der Waals surface area contributed by atoms with Crippen LogP contribution in [0.5, 0.6) is 0 Å². The molecule has 0 N–H and O–H groups in total. The van der Waals surface area contributed by atoms with Crippen LogP contribution in [0.15, 0.2) is 35.2 Å². The van der Waals surface area contributed by atoms with Crippen molar-refractivity contribution in [3.05, 3.63) is 35.2 Å². The minimum absolute atomic E-state index is 0.545. The lowest BCUT2D eigenvalue weighted by molar-refractivity contribution is 0.135. The SMILES string of the molecule is C=CC[C@H](COC(=C)CCCC(=C)I)C(C)C. The van der Waals surface area contributed by atoms with Gasteiger partial charge in [-0.2, -0.15) is 0 Å². The van der Waals surface area contributed by atoms with Gasteiger partial charge in [-0.1, -0.05) is 33.1 Å². The maximum absolute atomic E-state index is 5.73. The summed E-state index contributed by atoms with van der Waals surface area (Å²) in [6, 6.07) is 0. The number of hydrogen-bond acceptors (Lipinski definition) is 1. The van der Waals surface area contributed by atoms with Gasteiger partial charge in [0.25, 0.3) is 0 Å². The average molecular weight is 348 g/mol. The molecule has 17 heavy (non-hydrogen) atoms. The summed E-state index contributed by atoms with van der Waals surface area (Å²) in [6.07, 6.45) is 6.03. The standard InChI is InChI=1S/C15H25IO/c1-6-8-15(12(2)3)11-17-14(5)10-7-9-13(4)16/h6,12,15H,1,4-5,7-11H2,2-3H3/t15-/m1/s1. The summed E-state index contributed by atoms with van der Waals surface area (Å²) in [7, 11) is 0. The molecule has 0 saturated heterocycles. The van der Waals surface area contributed by atoms with Crippen molar-refractivity contribution in [1.82, 2.24) is 0 Å². The van der Waals surface area contributed by atoms with Gasteiger partial charge in [-0.05, 0) is 57.3 Å². The van der Waals surface area contributed by atoms with Crippen LogP contribution in [0.1, 0.15) is 39.5 Å². The van der Waals surface area contributed by atoms with Crippen LogP contribution in [0.3, 0.4) is 0 Å². The minimum Gasteiger partial charge on any atom is -0.498 e. The molecule has 0 unspecified atom stereocenters. The van der Waals surface area contributed by atoms with Crippen LogP contribution in [-0.4, -0.2) is 6.61 Å². The van der Waals surface area contributed by atoms with Gasteiger partial charge in [0.05, 0.1) is 12.4 Å². The van der Waals surface area contributed by atoms with Crippen LogP contribution in [0.2, 0.25) is 0 Å². The van der Waals surface area contributed by atoms with E-state index in [4.69, 9.17) is 4.74 Å². The van der Waals surface area contributed by atoms with Gasteiger partial charge in [0, 0.05) is 6.42 Å². The molecule has 0 aliphatic carbocycles. The summed E-state index contributed by atoms with van der Waals surface area (Å²) < 4.78 is 6.92. The quantitative estimate of drug-likeness (QED) is 0.288. The summed E-state index contributed by atoms with van der Waals surface area (Å²) in [5, 5.41) is 0. The molecule has 0 rings (SSSR count). The molecule has 1 nitrogen and oxygen atoms in total. The second kappa shape index (κ2) is 9.75. The van der Waals surface area contributed by atoms with Crippen LogP contribution < -0.4 is 0 Å². The van der Waals surface area contributed by atoms with Crippen molar-refractivity contribution in [2.45, 2.75) is 39.5 Å². The zero-order chi connectivity index (χ0) is 13.3. The smallest absolute Gasteiger partial charge is 0.0910 e. The van der Waals surface area contributed by atoms with Crippen LogP contribution in [0.25, 0.3) is 0 Å². The first kappa shape index (κ1) is 16.8. The van der Waals surface area contributed by atoms with Crippen molar-refractivity contribution in [2.24, 2.45) is 11.8 Å². The van der Waals surface area contributed by atoms with E-state index in [0.717, 1.165) is 38.0 Å². The summed E-state index contributed by atoms with van der Waals surface area (Å²) in [5.74, 6) is 2.07. The lowest BCUT2D eigenvalue weighted by Gasteiger charge is -2.20. The molecule has 0 fully saturated rings. The first-order valence-electron chi connectivity index (χ1n) is 6.22. The van der Waals surface area contributed by atoms with E-state index in [-0.39, 0.29) is 0 Å². The molecule has 0 aliphatic heterocycles. The van der Waals surface area contributed by atoms with Crippen LogP contribution in [-0.2, 0) is 4.74 Å². The van der Waals surface area contributed by atoms with Gasteiger partial charge in [0.15, 0.2) is 0 Å². The molecule has 0 aromatic rings. The van der Waals surface area contributed by atoms with E-state index in [1.165, 1.54) is 3.58 Å². The third kappa shape index (κ3) is 9.45. The fourth-order valence-electron chi connectivity index (χ4n) is 1.52. The van der Waals surface area contributed by atoms with Crippen LogP contribution in [0.4, 0.5) is 0 Å². The molecule has 0 aromatic heterocycles. The Balaban J connectivity index is 3.80. The number of ether oxygens (including phenoxy) is 1. The highest BCUT2D eigenvalue weighted by atomic mass is 127. The second-order valence-electron chi connectivity index (χ2n) is 4.75. The summed E-state index contributed by atoms with van der Waals surface area (Å²) in [6.45, 7) is 16.8. The lowest BCUT2D eigenvalue weighted by atomic mass is 9.93. The van der Waals surface area contributed by atoms with E-state index in [1.807, 2.05) is 6.08 Å². The Labute approximate surface area is 120 Å². The fourth-order valence-corrected chi connectivity index (χ4v) is 1.90. The largest absolute Gasteiger partial charge is 0.498 e. The van der Waals surface area contributed by atoms with Gasteiger partial charge >= 0.3 is 0 Å². The fraction of sp³-hybridized carbons (Fsp3) is 0.600. The lowest BCUT2D eigenvalue weighted by Crippen LogP contribution is -2.15. The number of hydrogen-bond donors (Lipinski definition) is 0. The van der Waals surface area contributed by atoms with Gasteiger partial charge in [-0.3, -0.25) is 0 Å². The Kier molecular flexibility index (Phi) is 9.60. The van der Waals surface area contributed by atoms with E-state index in [2.05, 4.69) is 56.2 Å². The molecule has 0 radical (unpaired) electrons. The molecule has 0 saturated carbocycles. The normalized spacial score (nSPS) is 12.2. The molecule has 0 spiro atoms. The van der Waals surface area contributed by atoms with Crippen molar-refractivity contribution < 1.29 is 4.74 Å². The Morgan fingerprint density at radius 3 is 2.41 bits per heavy atom. The number of rotatable bonds is 10. The van der Waals surface area contributed by atoms with Crippen LogP contribution >= 0.6 is 22.6 Å². The predicted molar refractivity (Wildman–Crippen MR) is 85.2 cm³/mol. The third-order valence-corrected chi connectivity index (χ3v) is 3.36. The molecule has 0 amide bonds. The first-order chi connectivity index (χ1) is 7.97. The van der Waals surface area contributed by atoms with Crippen molar-refractivity contribution in [2.75, 3.05) is 6.61 Å². The summed E-state index contributed by atoms with van der Waals surface area (Å²) >= 11 is 2.26. The van der Waals surface area contributed by atoms with Crippen LogP contribution in [0, 0.1) is 11.8 Å². The molecular formula is C15H25IO. The maximum atomic E-state index is 5.73. The van der Waals surface area contributed by atoms with Gasteiger partial charge in [0.1, 0.15) is 0 Å². The zero-order valence-electron chi connectivity index (χ0n) is 11.2. The molecule has 0 bridgehead atoms. The molecule has 0 aliphatic rings. The summed E-state index contributed by atoms with van der Waals surface area (Å²) in [5.41, 5.74) is 0. The Bertz CT molecular complexity index is 256. The van der Waals surface area contributed by atoms with Crippen molar-refractivity contribution in [3.63, 3.8) is 0 Å². The van der Waals surface area contributed by atoms with E-state index < -0.39 is 0 Å². The van der Waals surface area contributed by atoms with E-state index >= 15 is 0 Å². The van der Waals surface area contributed by atoms with E-state index in [9.17, 15) is 0 Å². The van der Waals surface area contributed by atoms with Gasteiger partial charge in [-0.25, -0.2) is 0 Å². The van der Waals surface area contributed by atoms with Gasteiger partial charge in [0.2, 0.25) is 0 Å². The van der Waals surface area contributed by atoms with Gasteiger partial charge < -0.3 is 4.74 Å². The molecule has 98 valence electrons. The van der Waals surface area contributed by atoms with Crippen molar-refractivity contribution >= 4 is 22.6 Å². The molecule has 1 atom stereocenters.